The van der Waals surface area contributed by atoms with Crippen molar-refractivity contribution >= 4 is 11.6 Å². The fourth-order valence-corrected chi connectivity index (χ4v) is 3.28. The van der Waals surface area contributed by atoms with Crippen molar-refractivity contribution in [2.24, 2.45) is 0 Å². The highest BCUT2D eigenvalue weighted by molar-refractivity contribution is 5.93. The Morgan fingerprint density at radius 3 is 2.10 bits per heavy atom. The summed E-state index contributed by atoms with van der Waals surface area (Å²) in [5.74, 6) is 0.139. The number of rotatable bonds is 4. The second kappa shape index (κ2) is 7.05. The molecular formula is C17H29N3O+2. The average Bonchev–Trinajstić information content (AvgIpc) is 2.43. The van der Waals surface area contributed by atoms with Crippen LogP contribution in [0.5, 0.6) is 0 Å². The van der Waals surface area contributed by atoms with Crippen molar-refractivity contribution in [3.05, 3.63) is 28.8 Å². The van der Waals surface area contributed by atoms with Crippen molar-refractivity contribution < 1.29 is 14.6 Å². The highest BCUT2D eigenvalue weighted by Gasteiger charge is 2.23. The summed E-state index contributed by atoms with van der Waals surface area (Å²) in [6.07, 6.45) is 0. The van der Waals surface area contributed by atoms with Crippen LogP contribution in [0, 0.1) is 20.8 Å². The summed E-state index contributed by atoms with van der Waals surface area (Å²) in [4.78, 5) is 15.3. The van der Waals surface area contributed by atoms with Crippen molar-refractivity contribution in [2.75, 3.05) is 44.6 Å². The van der Waals surface area contributed by atoms with Crippen LogP contribution < -0.4 is 15.1 Å². The molecule has 1 aromatic carbocycles. The van der Waals surface area contributed by atoms with Gasteiger partial charge >= 0.3 is 0 Å². The Bertz CT molecular complexity index is 482. The molecule has 1 saturated heterocycles. The monoisotopic (exact) mass is 291 g/mol. The van der Waals surface area contributed by atoms with Gasteiger partial charge in [-0.2, -0.15) is 0 Å². The third-order valence-electron chi connectivity index (χ3n) is 4.52. The molecule has 2 rings (SSSR count). The van der Waals surface area contributed by atoms with E-state index >= 15 is 0 Å². The Kier molecular flexibility index (Phi) is 5.37. The average molecular weight is 291 g/mol. The molecule has 1 heterocycles. The molecule has 4 heteroatoms. The van der Waals surface area contributed by atoms with Crippen LogP contribution in [0.2, 0.25) is 0 Å². The number of likely N-dealkylation sites (N-methyl/N-ethyl adjacent to an activating group) is 1. The third kappa shape index (κ3) is 4.29. The fourth-order valence-electron chi connectivity index (χ4n) is 3.28. The first-order chi connectivity index (χ1) is 9.99. The lowest BCUT2D eigenvalue weighted by atomic mass is 10.1. The minimum atomic E-state index is 0.139. The van der Waals surface area contributed by atoms with Crippen molar-refractivity contribution in [2.45, 2.75) is 27.7 Å². The van der Waals surface area contributed by atoms with Gasteiger partial charge in [0.15, 0.2) is 6.54 Å². The molecule has 0 unspecified atom stereocenters. The molecule has 0 aromatic heterocycles. The topological polar surface area (TPSA) is 38.0 Å². The zero-order valence-corrected chi connectivity index (χ0v) is 13.8. The quantitative estimate of drug-likeness (QED) is 0.678. The van der Waals surface area contributed by atoms with Crippen LogP contribution in [0.15, 0.2) is 12.1 Å². The molecule has 0 atom stereocenters. The van der Waals surface area contributed by atoms with Gasteiger partial charge in [-0.1, -0.05) is 17.7 Å². The first-order valence-corrected chi connectivity index (χ1v) is 8.04. The predicted molar refractivity (Wildman–Crippen MR) is 86.1 cm³/mol. The summed E-state index contributed by atoms with van der Waals surface area (Å²) in [7, 11) is 0. The molecule has 0 spiro atoms. The summed E-state index contributed by atoms with van der Waals surface area (Å²) in [6.45, 7) is 14.8. The standard InChI is InChI=1S/C17H27N3O/c1-5-19-6-8-20(9-7-19)12-16(21)18-17-14(3)10-13(2)11-15(17)4/h10-11H,5-9,12H2,1-4H3,(H,18,21)/p+2. The maximum absolute atomic E-state index is 12.3. The first-order valence-electron chi connectivity index (χ1n) is 8.04. The van der Waals surface area contributed by atoms with E-state index in [1.165, 1.54) is 30.1 Å². The van der Waals surface area contributed by atoms with E-state index in [1.807, 2.05) is 0 Å². The van der Waals surface area contributed by atoms with Crippen molar-refractivity contribution in [3.8, 4) is 0 Å². The Balaban J connectivity index is 1.91. The molecule has 4 nitrogen and oxygen atoms in total. The van der Waals surface area contributed by atoms with Crippen LogP contribution in [0.3, 0.4) is 0 Å². The zero-order valence-electron chi connectivity index (χ0n) is 13.8. The summed E-state index contributed by atoms with van der Waals surface area (Å²) >= 11 is 0. The molecule has 0 bridgehead atoms. The van der Waals surface area contributed by atoms with E-state index in [9.17, 15) is 4.79 Å². The highest BCUT2D eigenvalue weighted by atomic mass is 16.2. The van der Waals surface area contributed by atoms with Gasteiger partial charge in [0.05, 0.1) is 6.54 Å². The van der Waals surface area contributed by atoms with Gasteiger partial charge in [-0.05, 0) is 38.8 Å². The molecule has 3 N–H and O–H groups in total. The summed E-state index contributed by atoms with van der Waals surface area (Å²) in [6, 6.07) is 4.25. The van der Waals surface area contributed by atoms with E-state index in [0.717, 1.165) is 29.9 Å². The van der Waals surface area contributed by atoms with Gasteiger partial charge in [-0.25, -0.2) is 0 Å². The second-order valence-corrected chi connectivity index (χ2v) is 6.35. The Labute approximate surface area is 128 Å². The predicted octanol–water partition coefficient (Wildman–Crippen LogP) is -0.646. The maximum Gasteiger partial charge on any atom is 0.279 e. The lowest BCUT2D eigenvalue weighted by Crippen LogP contribution is -3.28. The van der Waals surface area contributed by atoms with Gasteiger partial charge in [-0.3, -0.25) is 4.79 Å². The molecule has 0 radical (unpaired) electrons. The number of piperazine rings is 1. The number of aryl methyl sites for hydroxylation is 3. The number of carbonyl (C=O) groups excluding carboxylic acids is 1. The molecule has 21 heavy (non-hydrogen) atoms. The number of hydrogen-bond acceptors (Lipinski definition) is 1. The van der Waals surface area contributed by atoms with E-state index < -0.39 is 0 Å². The highest BCUT2D eigenvalue weighted by Crippen LogP contribution is 2.21. The number of carbonyl (C=O) groups is 1. The van der Waals surface area contributed by atoms with Gasteiger partial charge in [0.25, 0.3) is 5.91 Å². The molecule has 1 aliphatic heterocycles. The second-order valence-electron chi connectivity index (χ2n) is 6.35. The normalized spacial score (nSPS) is 22.1. The Morgan fingerprint density at radius 1 is 1.05 bits per heavy atom. The number of quaternary nitrogens is 2. The molecule has 1 amide bonds. The SMILES string of the molecule is CC[NH+]1CC[NH+](CC(=O)Nc2c(C)cc(C)cc2C)CC1. The molecular weight excluding hydrogens is 262 g/mol. The lowest BCUT2D eigenvalue weighted by Gasteiger charge is -2.28. The lowest BCUT2D eigenvalue weighted by molar-refractivity contribution is -1.01. The third-order valence-corrected chi connectivity index (χ3v) is 4.52. The van der Waals surface area contributed by atoms with Crippen molar-refractivity contribution in [1.29, 1.82) is 0 Å². The van der Waals surface area contributed by atoms with Crippen LogP contribution in [-0.2, 0) is 4.79 Å². The van der Waals surface area contributed by atoms with Gasteiger partial charge in [0.1, 0.15) is 26.2 Å². The maximum atomic E-state index is 12.3. The van der Waals surface area contributed by atoms with Gasteiger partial charge in [0, 0.05) is 5.69 Å². The van der Waals surface area contributed by atoms with Crippen molar-refractivity contribution in [1.82, 2.24) is 0 Å². The van der Waals surface area contributed by atoms with Crippen LogP contribution in [0.1, 0.15) is 23.6 Å². The molecule has 1 aromatic rings. The zero-order chi connectivity index (χ0) is 15.4. The van der Waals surface area contributed by atoms with Crippen LogP contribution in [0.25, 0.3) is 0 Å². The Morgan fingerprint density at radius 2 is 1.57 bits per heavy atom. The Hall–Kier alpha value is -1.39. The van der Waals surface area contributed by atoms with Gasteiger partial charge in [-0.15, -0.1) is 0 Å². The largest absolute Gasteiger partial charge is 0.326 e. The molecule has 1 aliphatic rings. The van der Waals surface area contributed by atoms with E-state index in [4.69, 9.17) is 0 Å². The van der Waals surface area contributed by atoms with E-state index in [-0.39, 0.29) is 5.91 Å². The van der Waals surface area contributed by atoms with Gasteiger partial charge < -0.3 is 15.1 Å². The first kappa shape index (κ1) is 16.0. The van der Waals surface area contributed by atoms with Crippen LogP contribution >= 0.6 is 0 Å². The molecule has 116 valence electrons. The van der Waals surface area contributed by atoms with E-state index in [2.05, 4.69) is 45.1 Å². The number of amides is 1. The smallest absolute Gasteiger partial charge is 0.279 e. The molecule has 0 saturated carbocycles. The number of nitrogens with one attached hydrogen (secondary N) is 3. The number of anilines is 1. The fraction of sp³-hybridized carbons (Fsp3) is 0.588. The summed E-state index contributed by atoms with van der Waals surface area (Å²) in [5.41, 5.74) is 4.53. The molecule has 0 aliphatic carbocycles. The minimum Gasteiger partial charge on any atom is -0.326 e. The van der Waals surface area contributed by atoms with Crippen LogP contribution in [0.4, 0.5) is 5.69 Å². The van der Waals surface area contributed by atoms with Gasteiger partial charge in [0.2, 0.25) is 0 Å². The molecule has 1 fully saturated rings. The van der Waals surface area contributed by atoms with E-state index in [1.54, 1.807) is 4.90 Å². The minimum absolute atomic E-state index is 0.139. The van der Waals surface area contributed by atoms with E-state index in [0.29, 0.717) is 6.54 Å². The number of benzene rings is 1. The van der Waals surface area contributed by atoms with Crippen molar-refractivity contribution in [3.63, 3.8) is 0 Å². The number of hydrogen-bond donors (Lipinski definition) is 3. The summed E-state index contributed by atoms with van der Waals surface area (Å²) < 4.78 is 0. The summed E-state index contributed by atoms with van der Waals surface area (Å²) in [5, 5.41) is 3.11. The van der Waals surface area contributed by atoms with Crippen LogP contribution in [-0.4, -0.2) is 45.2 Å².